The van der Waals surface area contributed by atoms with Crippen molar-refractivity contribution in [1.29, 1.82) is 0 Å². The second-order valence-corrected chi connectivity index (χ2v) is 9.69. The second kappa shape index (κ2) is 10.7. The van der Waals surface area contributed by atoms with E-state index in [1.54, 1.807) is 5.56 Å². The summed E-state index contributed by atoms with van der Waals surface area (Å²) in [7, 11) is 0. The quantitative estimate of drug-likeness (QED) is 0.749. The van der Waals surface area contributed by atoms with Crippen LogP contribution >= 0.6 is 12.4 Å². The van der Waals surface area contributed by atoms with Gasteiger partial charge in [-0.05, 0) is 61.5 Å². The van der Waals surface area contributed by atoms with Crippen molar-refractivity contribution >= 4 is 24.0 Å². The first-order chi connectivity index (χ1) is 13.4. The van der Waals surface area contributed by atoms with Crippen molar-refractivity contribution in [2.75, 3.05) is 44.2 Å². The number of nitrogens with zero attached hydrogens (tertiary/aromatic N) is 2. The molecule has 1 saturated heterocycles. The number of rotatable bonds is 5. The summed E-state index contributed by atoms with van der Waals surface area (Å²) in [6.07, 6.45) is 5.33. The van der Waals surface area contributed by atoms with E-state index in [1.807, 2.05) is 6.92 Å². The highest BCUT2D eigenvalue weighted by Gasteiger charge is 2.31. The summed E-state index contributed by atoms with van der Waals surface area (Å²) in [6, 6.07) is 9.06. The van der Waals surface area contributed by atoms with Crippen LogP contribution in [0.15, 0.2) is 24.3 Å². The molecule has 2 aliphatic rings. The van der Waals surface area contributed by atoms with E-state index in [9.17, 15) is 4.79 Å². The molecule has 0 atom stereocenters. The normalized spacial score (nSPS) is 23.4. The third-order valence-corrected chi connectivity index (χ3v) is 6.78. The van der Waals surface area contributed by atoms with Gasteiger partial charge in [0.2, 0.25) is 5.91 Å². The molecule has 1 heterocycles. The van der Waals surface area contributed by atoms with Crippen molar-refractivity contribution in [3.63, 3.8) is 0 Å². The van der Waals surface area contributed by atoms with Gasteiger partial charge in [-0.25, -0.2) is 0 Å². The molecule has 1 saturated carbocycles. The van der Waals surface area contributed by atoms with Gasteiger partial charge < -0.3 is 10.2 Å². The molecule has 1 aromatic carbocycles. The number of piperazine rings is 1. The number of carbonyl (C=O) groups excluding carboxylic acids is 1. The fraction of sp³-hybridized carbons (Fsp3) is 0.708. The number of para-hydroxylation sites is 1. The van der Waals surface area contributed by atoms with E-state index in [2.05, 4.69) is 60.2 Å². The molecule has 2 fully saturated rings. The summed E-state index contributed by atoms with van der Waals surface area (Å²) in [4.78, 5) is 16.7. The number of amides is 1. The van der Waals surface area contributed by atoms with Crippen molar-refractivity contribution in [3.8, 4) is 0 Å². The molecule has 164 valence electrons. The van der Waals surface area contributed by atoms with E-state index < -0.39 is 0 Å². The third kappa shape index (κ3) is 6.36. The molecule has 29 heavy (non-hydrogen) atoms. The highest BCUT2D eigenvalue weighted by Crippen LogP contribution is 2.45. The van der Waals surface area contributed by atoms with Crippen LogP contribution < -0.4 is 10.2 Å². The molecule has 0 aromatic heterocycles. The Kier molecular flexibility index (Phi) is 8.84. The minimum atomic E-state index is 0. The maximum absolute atomic E-state index is 11.9. The lowest BCUT2D eigenvalue weighted by Gasteiger charge is -2.40. The summed E-state index contributed by atoms with van der Waals surface area (Å²) >= 11 is 0. The molecule has 4 nitrogen and oxygen atoms in total. The predicted molar refractivity (Wildman–Crippen MR) is 125 cm³/mol. The third-order valence-electron chi connectivity index (χ3n) is 6.78. The van der Waals surface area contributed by atoms with Gasteiger partial charge in [0.15, 0.2) is 0 Å². The topological polar surface area (TPSA) is 35.6 Å². The molecule has 1 aliphatic heterocycles. The van der Waals surface area contributed by atoms with Crippen LogP contribution in [0.2, 0.25) is 0 Å². The number of likely N-dealkylation sites (N-methyl/N-ethyl adjacent to an activating group) is 1. The number of hydrogen-bond donors (Lipinski definition) is 1. The standard InChI is InChI=1S/C24H39N3O.ClH/c1-5-25-23(28)18-26-14-16-27(17-15-26)22-9-7-6-8-21(22)19-10-12-20(13-11-19)24(2,3)4;/h6-9,19-20H,5,10-18H2,1-4H3,(H,25,28);1H. The van der Waals surface area contributed by atoms with Crippen LogP contribution in [0, 0.1) is 11.3 Å². The smallest absolute Gasteiger partial charge is 0.234 e. The van der Waals surface area contributed by atoms with E-state index in [4.69, 9.17) is 0 Å². The Balaban J connectivity index is 0.00000300. The average Bonchev–Trinajstić information content (AvgIpc) is 2.68. The van der Waals surface area contributed by atoms with E-state index >= 15 is 0 Å². The lowest BCUT2D eigenvalue weighted by molar-refractivity contribution is -0.122. The maximum atomic E-state index is 11.9. The fourth-order valence-electron chi connectivity index (χ4n) is 4.99. The first-order valence-electron chi connectivity index (χ1n) is 11.2. The van der Waals surface area contributed by atoms with Crippen LogP contribution in [0.5, 0.6) is 0 Å². The Morgan fingerprint density at radius 3 is 2.24 bits per heavy atom. The van der Waals surface area contributed by atoms with Gasteiger partial charge in [0.05, 0.1) is 6.54 Å². The van der Waals surface area contributed by atoms with E-state index in [0.717, 1.165) is 32.1 Å². The van der Waals surface area contributed by atoms with E-state index in [-0.39, 0.29) is 18.3 Å². The largest absolute Gasteiger partial charge is 0.369 e. The minimum Gasteiger partial charge on any atom is -0.369 e. The molecular weight excluding hydrogens is 382 g/mol. The number of carbonyl (C=O) groups is 1. The molecule has 0 bridgehead atoms. The van der Waals surface area contributed by atoms with Gasteiger partial charge in [0.25, 0.3) is 0 Å². The highest BCUT2D eigenvalue weighted by molar-refractivity contribution is 5.85. The first kappa shape index (κ1) is 24.0. The molecule has 1 aliphatic carbocycles. The monoisotopic (exact) mass is 421 g/mol. The SMILES string of the molecule is CCNC(=O)CN1CCN(c2ccccc2C2CCC(C(C)(C)C)CC2)CC1.Cl. The Labute approximate surface area is 183 Å². The zero-order valence-electron chi connectivity index (χ0n) is 18.7. The number of benzene rings is 1. The zero-order valence-corrected chi connectivity index (χ0v) is 19.6. The summed E-state index contributed by atoms with van der Waals surface area (Å²) < 4.78 is 0. The molecular formula is C24H40ClN3O. The number of anilines is 1. The molecule has 5 heteroatoms. The van der Waals surface area contributed by atoms with Crippen molar-refractivity contribution in [3.05, 3.63) is 29.8 Å². The molecule has 1 amide bonds. The van der Waals surface area contributed by atoms with Crippen LogP contribution in [0.3, 0.4) is 0 Å². The Morgan fingerprint density at radius 1 is 1.03 bits per heavy atom. The number of nitrogens with one attached hydrogen (secondary N) is 1. The lowest BCUT2D eigenvalue weighted by Crippen LogP contribution is -2.49. The molecule has 0 unspecified atom stereocenters. The molecule has 0 spiro atoms. The molecule has 3 rings (SSSR count). The van der Waals surface area contributed by atoms with E-state index in [1.165, 1.54) is 31.4 Å². The average molecular weight is 422 g/mol. The van der Waals surface area contributed by atoms with Gasteiger partial charge in [-0.3, -0.25) is 9.69 Å². The summed E-state index contributed by atoms with van der Waals surface area (Å²) in [5.41, 5.74) is 3.41. The summed E-state index contributed by atoms with van der Waals surface area (Å²) in [5.74, 6) is 1.70. The molecule has 1 N–H and O–H groups in total. The Bertz CT molecular complexity index is 642. The van der Waals surface area contributed by atoms with Gasteiger partial charge in [0.1, 0.15) is 0 Å². The van der Waals surface area contributed by atoms with Crippen LogP contribution in [-0.2, 0) is 4.79 Å². The summed E-state index contributed by atoms with van der Waals surface area (Å²) in [6.45, 7) is 14.3. The zero-order chi connectivity index (χ0) is 20.1. The van der Waals surface area contributed by atoms with Crippen molar-refractivity contribution in [1.82, 2.24) is 10.2 Å². The predicted octanol–water partition coefficient (Wildman–Crippen LogP) is 4.69. The van der Waals surface area contributed by atoms with Crippen molar-refractivity contribution in [2.45, 2.75) is 59.3 Å². The van der Waals surface area contributed by atoms with Crippen LogP contribution in [0.4, 0.5) is 5.69 Å². The van der Waals surface area contributed by atoms with Crippen molar-refractivity contribution < 1.29 is 4.79 Å². The van der Waals surface area contributed by atoms with Gasteiger partial charge >= 0.3 is 0 Å². The van der Waals surface area contributed by atoms with Crippen LogP contribution in [0.25, 0.3) is 0 Å². The van der Waals surface area contributed by atoms with E-state index in [0.29, 0.717) is 24.4 Å². The maximum Gasteiger partial charge on any atom is 0.234 e. The van der Waals surface area contributed by atoms with Gasteiger partial charge in [-0.2, -0.15) is 0 Å². The van der Waals surface area contributed by atoms with Crippen LogP contribution in [0.1, 0.15) is 64.9 Å². The Morgan fingerprint density at radius 2 is 1.66 bits per heavy atom. The lowest BCUT2D eigenvalue weighted by atomic mass is 9.68. The van der Waals surface area contributed by atoms with Crippen molar-refractivity contribution in [2.24, 2.45) is 11.3 Å². The second-order valence-electron chi connectivity index (χ2n) is 9.69. The molecule has 1 aromatic rings. The number of halogens is 1. The van der Waals surface area contributed by atoms with Gasteiger partial charge in [-0.1, -0.05) is 39.0 Å². The van der Waals surface area contributed by atoms with Gasteiger partial charge in [-0.15, -0.1) is 12.4 Å². The Hall–Kier alpha value is -1.26. The fourth-order valence-corrected chi connectivity index (χ4v) is 4.99. The number of hydrogen-bond acceptors (Lipinski definition) is 3. The highest BCUT2D eigenvalue weighted by atomic mass is 35.5. The van der Waals surface area contributed by atoms with Gasteiger partial charge in [0, 0.05) is 38.4 Å². The minimum absolute atomic E-state index is 0. The molecule has 0 radical (unpaired) electrons. The summed E-state index contributed by atoms with van der Waals surface area (Å²) in [5, 5.41) is 2.91. The van der Waals surface area contributed by atoms with Crippen LogP contribution in [-0.4, -0.2) is 50.1 Å². The first-order valence-corrected chi connectivity index (χ1v) is 11.2.